The van der Waals surface area contributed by atoms with E-state index in [9.17, 15) is 9.59 Å². The zero-order chi connectivity index (χ0) is 29.3. The smallest absolute Gasteiger partial charge is 0.271 e. The third-order valence-electron chi connectivity index (χ3n) is 7.29. The van der Waals surface area contributed by atoms with E-state index < -0.39 is 6.04 Å². The zero-order valence-electron chi connectivity index (χ0n) is 23.7. The number of allylic oxidation sites excluding steroid dienone is 1. The number of amides is 1. The molecule has 1 atom stereocenters. The number of anilines is 1. The van der Waals surface area contributed by atoms with Gasteiger partial charge < -0.3 is 28.4 Å². The number of morpholine rings is 1. The van der Waals surface area contributed by atoms with Gasteiger partial charge in [0.15, 0.2) is 4.80 Å². The van der Waals surface area contributed by atoms with Crippen LogP contribution in [0.1, 0.15) is 38.1 Å². The number of benzene rings is 1. The van der Waals surface area contributed by atoms with Gasteiger partial charge in [-0.1, -0.05) is 11.3 Å². The maximum absolute atomic E-state index is 14.1. The minimum atomic E-state index is -0.765. The molecule has 0 radical (unpaired) electrons. The summed E-state index contributed by atoms with van der Waals surface area (Å²) in [4.78, 5) is 37.1. The number of methoxy groups -OCH3 is 2. The summed E-state index contributed by atoms with van der Waals surface area (Å²) in [6.07, 6.45) is 1.73. The molecule has 0 spiro atoms. The molecule has 218 valence electrons. The van der Waals surface area contributed by atoms with Crippen molar-refractivity contribution in [1.29, 1.82) is 0 Å². The molecule has 0 aliphatic carbocycles. The lowest BCUT2D eigenvalue weighted by Gasteiger charge is -2.30. The first-order valence-corrected chi connectivity index (χ1v) is 15.1. The van der Waals surface area contributed by atoms with Gasteiger partial charge in [0, 0.05) is 43.9 Å². The van der Waals surface area contributed by atoms with Gasteiger partial charge in [0.25, 0.3) is 11.5 Å². The number of carbonyl (C=O) groups excluding carboxylic acids is 1. The Labute approximate surface area is 250 Å². The Hall–Kier alpha value is -3.35. The van der Waals surface area contributed by atoms with Crippen molar-refractivity contribution in [3.63, 3.8) is 0 Å². The summed E-state index contributed by atoms with van der Waals surface area (Å²) in [5.74, 6) is 2.19. The number of fused-ring (bicyclic) bond motifs is 1. The van der Waals surface area contributed by atoms with E-state index in [4.69, 9.17) is 23.6 Å². The fourth-order valence-electron chi connectivity index (χ4n) is 5.18. The van der Waals surface area contributed by atoms with Gasteiger partial charge in [0.05, 0.1) is 47.7 Å². The number of nitrogens with zero attached hydrogens (tertiary/aromatic N) is 4. The van der Waals surface area contributed by atoms with Crippen LogP contribution in [0, 0.1) is 0 Å². The highest BCUT2D eigenvalue weighted by atomic mass is 79.9. The van der Waals surface area contributed by atoms with Crippen molar-refractivity contribution < 1.29 is 23.4 Å². The normalized spacial score (nSPS) is 17.4. The standard InChI is InChI=1S/C29H33BrN4O6S/c1-6-32(7-2)27(36)24-17(3)31-29-34(25(24)20-14-18(37-4)8-9-22(20)38-5)26(35)23(41-29)16-19-15-21(30)28(40-19)33-10-12-39-13-11-33/h8-9,14-16,25H,6-7,10-13H2,1-5H3/b23-16+/t25-/m1/s1. The lowest BCUT2D eigenvalue weighted by Crippen LogP contribution is -2.43. The average Bonchev–Trinajstić information content (AvgIpc) is 3.50. The summed E-state index contributed by atoms with van der Waals surface area (Å²) < 4.78 is 25.7. The summed E-state index contributed by atoms with van der Waals surface area (Å²) in [6.45, 7) is 9.42. The molecule has 0 saturated carbocycles. The van der Waals surface area contributed by atoms with Crippen LogP contribution in [0.15, 0.2) is 54.2 Å². The molecular formula is C29H33BrN4O6S. The number of carbonyl (C=O) groups is 1. The Balaban J connectivity index is 1.69. The number of halogens is 1. The number of thiazole rings is 1. The topological polar surface area (TPSA) is 98.7 Å². The molecule has 0 bridgehead atoms. The predicted molar refractivity (Wildman–Crippen MR) is 161 cm³/mol. The van der Waals surface area contributed by atoms with Crippen LogP contribution in [0.2, 0.25) is 0 Å². The third kappa shape index (κ3) is 5.47. The van der Waals surface area contributed by atoms with Crippen LogP contribution >= 0.6 is 27.3 Å². The molecule has 1 saturated heterocycles. The Morgan fingerprint density at radius 1 is 1.20 bits per heavy atom. The molecule has 1 amide bonds. The quantitative estimate of drug-likeness (QED) is 0.371. The Morgan fingerprint density at radius 3 is 2.59 bits per heavy atom. The maximum atomic E-state index is 14.1. The van der Waals surface area contributed by atoms with E-state index in [1.54, 1.807) is 41.9 Å². The van der Waals surface area contributed by atoms with Crippen LogP contribution in [0.4, 0.5) is 5.88 Å². The highest BCUT2D eigenvalue weighted by Crippen LogP contribution is 2.38. The van der Waals surface area contributed by atoms with Gasteiger partial charge in [-0.15, -0.1) is 0 Å². The molecule has 1 fully saturated rings. The SMILES string of the molecule is CCN(CC)C(=O)C1=C(C)N=c2s/c(=C/c3cc(Br)c(N4CCOCC4)o3)c(=O)n2[C@@H]1c1cc(OC)ccc1OC. The van der Waals surface area contributed by atoms with E-state index in [1.165, 1.54) is 11.3 Å². The van der Waals surface area contributed by atoms with Crippen LogP contribution in [0.25, 0.3) is 6.08 Å². The van der Waals surface area contributed by atoms with Crippen LogP contribution in [-0.4, -0.2) is 69.0 Å². The second-order valence-corrected chi connectivity index (χ2v) is 11.4. The highest BCUT2D eigenvalue weighted by Gasteiger charge is 2.36. The van der Waals surface area contributed by atoms with Gasteiger partial charge >= 0.3 is 0 Å². The highest BCUT2D eigenvalue weighted by molar-refractivity contribution is 9.10. The number of likely N-dealkylation sites (N-methyl/N-ethyl adjacent to an activating group) is 1. The molecular weight excluding hydrogens is 612 g/mol. The fraction of sp³-hybridized carbons (Fsp3) is 0.414. The molecule has 4 heterocycles. The second-order valence-electron chi connectivity index (χ2n) is 9.57. The molecule has 2 aliphatic heterocycles. The van der Waals surface area contributed by atoms with E-state index in [0.717, 1.165) is 17.6 Å². The predicted octanol–water partition coefficient (Wildman–Crippen LogP) is 3.31. The zero-order valence-corrected chi connectivity index (χ0v) is 26.1. The molecule has 0 N–H and O–H groups in total. The number of hydrogen-bond donors (Lipinski definition) is 0. The van der Waals surface area contributed by atoms with E-state index in [1.807, 2.05) is 32.9 Å². The average molecular weight is 646 g/mol. The summed E-state index contributed by atoms with van der Waals surface area (Å²) in [6, 6.07) is 6.47. The summed E-state index contributed by atoms with van der Waals surface area (Å²) in [5.41, 5.74) is 1.34. The first-order valence-electron chi connectivity index (χ1n) is 13.5. The molecule has 12 heteroatoms. The minimum Gasteiger partial charge on any atom is -0.497 e. The van der Waals surface area contributed by atoms with Crippen LogP contribution in [0.5, 0.6) is 11.5 Å². The van der Waals surface area contributed by atoms with Crippen LogP contribution in [-0.2, 0) is 9.53 Å². The first kappa shape index (κ1) is 29.2. The molecule has 3 aromatic rings. The van der Waals surface area contributed by atoms with Crippen molar-refractivity contribution in [3.05, 3.63) is 71.0 Å². The van der Waals surface area contributed by atoms with Crippen LogP contribution in [0.3, 0.4) is 0 Å². The van der Waals surface area contributed by atoms with Gasteiger partial charge in [-0.05, 0) is 54.9 Å². The number of rotatable bonds is 8. The summed E-state index contributed by atoms with van der Waals surface area (Å²) >= 11 is 4.86. The third-order valence-corrected chi connectivity index (χ3v) is 8.84. The number of furan rings is 1. The van der Waals surface area contributed by atoms with E-state index in [-0.39, 0.29) is 11.5 Å². The van der Waals surface area contributed by atoms with Gasteiger partial charge in [0.2, 0.25) is 5.88 Å². The summed E-state index contributed by atoms with van der Waals surface area (Å²) in [5, 5.41) is 0. The fourth-order valence-corrected chi connectivity index (χ4v) is 6.77. The summed E-state index contributed by atoms with van der Waals surface area (Å²) in [7, 11) is 3.14. The van der Waals surface area contributed by atoms with Gasteiger partial charge in [0.1, 0.15) is 23.3 Å². The lowest BCUT2D eigenvalue weighted by molar-refractivity contribution is -0.127. The van der Waals surface area contributed by atoms with Crippen molar-refractivity contribution in [2.45, 2.75) is 26.8 Å². The van der Waals surface area contributed by atoms with Crippen molar-refractivity contribution >= 4 is 45.1 Å². The van der Waals surface area contributed by atoms with Gasteiger partial charge in [-0.2, -0.15) is 0 Å². The number of aromatic nitrogens is 1. The van der Waals surface area contributed by atoms with Crippen LogP contribution < -0.4 is 29.3 Å². The van der Waals surface area contributed by atoms with E-state index in [0.29, 0.717) is 75.6 Å². The molecule has 41 heavy (non-hydrogen) atoms. The Morgan fingerprint density at radius 2 is 1.93 bits per heavy atom. The van der Waals surface area contributed by atoms with Gasteiger partial charge in [-0.25, -0.2) is 4.99 Å². The second kappa shape index (κ2) is 12.3. The van der Waals surface area contributed by atoms with Gasteiger partial charge in [-0.3, -0.25) is 14.2 Å². The van der Waals surface area contributed by atoms with E-state index in [2.05, 4.69) is 20.8 Å². The Bertz CT molecular complexity index is 1660. The molecule has 2 aliphatic rings. The van der Waals surface area contributed by atoms with Crippen molar-refractivity contribution in [3.8, 4) is 11.5 Å². The molecule has 5 rings (SSSR count). The Kier molecular flexibility index (Phi) is 8.71. The largest absolute Gasteiger partial charge is 0.497 e. The molecule has 1 aromatic carbocycles. The minimum absolute atomic E-state index is 0.175. The molecule has 10 nitrogen and oxygen atoms in total. The number of ether oxygens (including phenoxy) is 3. The van der Waals surface area contributed by atoms with Crippen molar-refractivity contribution in [1.82, 2.24) is 9.47 Å². The molecule has 2 aromatic heterocycles. The number of hydrogen-bond acceptors (Lipinski definition) is 9. The first-order chi connectivity index (χ1) is 19.8. The maximum Gasteiger partial charge on any atom is 0.271 e. The monoisotopic (exact) mass is 644 g/mol. The van der Waals surface area contributed by atoms with Crippen molar-refractivity contribution in [2.24, 2.45) is 4.99 Å². The van der Waals surface area contributed by atoms with Crippen molar-refractivity contribution in [2.75, 3.05) is 58.5 Å². The van der Waals surface area contributed by atoms with E-state index >= 15 is 0 Å². The molecule has 0 unspecified atom stereocenters. The lowest BCUT2D eigenvalue weighted by atomic mass is 9.93.